The van der Waals surface area contributed by atoms with Crippen molar-refractivity contribution in [3.63, 3.8) is 0 Å². The largest absolute Gasteiger partial charge is 0.491 e. The molecular weight excluding hydrogens is 293 g/mol. The third kappa shape index (κ3) is 5.16. The molecular formula is C19H22FNO2. The summed E-state index contributed by atoms with van der Waals surface area (Å²) in [6.45, 7) is 2.71. The van der Waals surface area contributed by atoms with Gasteiger partial charge in [-0.25, -0.2) is 4.39 Å². The van der Waals surface area contributed by atoms with Crippen molar-refractivity contribution in [3.05, 3.63) is 47.9 Å². The summed E-state index contributed by atoms with van der Waals surface area (Å²) in [5.41, 5.74) is 1.79. The van der Waals surface area contributed by atoms with Crippen LogP contribution in [0.5, 0.6) is 5.75 Å². The third-order valence-corrected chi connectivity index (χ3v) is 3.66. The number of aldehydes is 1. The van der Waals surface area contributed by atoms with Gasteiger partial charge in [-0.1, -0.05) is 32.6 Å². The van der Waals surface area contributed by atoms with E-state index in [1.54, 1.807) is 24.3 Å². The van der Waals surface area contributed by atoms with Crippen LogP contribution in [0.25, 0.3) is 11.3 Å². The lowest BCUT2D eigenvalue weighted by Gasteiger charge is -2.09. The van der Waals surface area contributed by atoms with Crippen LogP contribution in [0.2, 0.25) is 0 Å². The fourth-order valence-electron chi connectivity index (χ4n) is 2.31. The average Bonchev–Trinajstić information content (AvgIpc) is 2.59. The first-order valence-electron chi connectivity index (χ1n) is 8.08. The molecule has 0 bridgehead atoms. The number of benzene rings is 1. The third-order valence-electron chi connectivity index (χ3n) is 3.66. The van der Waals surface area contributed by atoms with Crippen LogP contribution in [0.15, 0.2) is 36.5 Å². The van der Waals surface area contributed by atoms with Gasteiger partial charge in [-0.15, -0.1) is 0 Å². The van der Waals surface area contributed by atoms with Gasteiger partial charge >= 0.3 is 0 Å². The number of carbonyl (C=O) groups excluding carboxylic acids is 1. The van der Waals surface area contributed by atoms with E-state index in [1.807, 2.05) is 0 Å². The Hall–Kier alpha value is -2.23. The Kier molecular flexibility index (Phi) is 6.73. The summed E-state index contributed by atoms with van der Waals surface area (Å²) in [5.74, 6) is -0.119. The quantitative estimate of drug-likeness (QED) is 0.480. The molecule has 0 spiro atoms. The van der Waals surface area contributed by atoms with Crippen molar-refractivity contribution in [2.75, 3.05) is 6.61 Å². The fraction of sp³-hybridized carbons (Fsp3) is 0.368. The predicted molar refractivity (Wildman–Crippen MR) is 89.3 cm³/mol. The van der Waals surface area contributed by atoms with Crippen molar-refractivity contribution < 1.29 is 13.9 Å². The van der Waals surface area contributed by atoms with E-state index in [-0.39, 0.29) is 5.75 Å². The summed E-state index contributed by atoms with van der Waals surface area (Å²) in [5, 5.41) is 0. The van der Waals surface area contributed by atoms with Crippen molar-refractivity contribution in [2.45, 2.75) is 39.0 Å². The molecule has 0 saturated heterocycles. The monoisotopic (exact) mass is 315 g/mol. The molecule has 23 heavy (non-hydrogen) atoms. The number of rotatable bonds is 9. The first-order valence-corrected chi connectivity index (χ1v) is 8.08. The van der Waals surface area contributed by atoms with Crippen LogP contribution < -0.4 is 4.74 Å². The average molecular weight is 315 g/mol. The van der Waals surface area contributed by atoms with Crippen molar-refractivity contribution in [2.24, 2.45) is 0 Å². The highest BCUT2D eigenvalue weighted by molar-refractivity contribution is 5.75. The van der Waals surface area contributed by atoms with Crippen molar-refractivity contribution in [1.29, 1.82) is 0 Å². The topological polar surface area (TPSA) is 39.2 Å². The molecule has 0 N–H and O–H groups in total. The lowest BCUT2D eigenvalue weighted by atomic mass is 10.1. The SMILES string of the molecule is CCCCCCCOc1ccc(-c2ccc(C=O)cn2)cc1F. The molecule has 0 fully saturated rings. The highest BCUT2D eigenvalue weighted by atomic mass is 19.1. The second kappa shape index (κ2) is 9.03. The maximum absolute atomic E-state index is 14.1. The summed E-state index contributed by atoms with van der Waals surface area (Å²) in [6.07, 6.45) is 7.90. The minimum Gasteiger partial charge on any atom is -0.491 e. The van der Waals surface area contributed by atoms with Gasteiger partial charge in [-0.05, 0) is 36.8 Å². The van der Waals surface area contributed by atoms with E-state index in [0.29, 0.717) is 23.4 Å². The molecule has 1 aromatic carbocycles. The Morgan fingerprint density at radius 1 is 1.13 bits per heavy atom. The lowest BCUT2D eigenvalue weighted by Crippen LogP contribution is -1.99. The van der Waals surface area contributed by atoms with Crippen molar-refractivity contribution in [3.8, 4) is 17.0 Å². The molecule has 0 aliphatic rings. The molecule has 2 rings (SSSR count). The number of carbonyl (C=O) groups is 1. The molecule has 0 saturated carbocycles. The Morgan fingerprint density at radius 3 is 2.61 bits per heavy atom. The molecule has 0 aliphatic carbocycles. The summed E-state index contributed by atoms with van der Waals surface area (Å²) < 4.78 is 19.6. The summed E-state index contributed by atoms with van der Waals surface area (Å²) in [7, 11) is 0. The second-order valence-electron chi connectivity index (χ2n) is 5.50. The molecule has 0 unspecified atom stereocenters. The van der Waals surface area contributed by atoms with Crippen LogP contribution in [0.1, 0.15) is 49.4 Å². The summed E-state index contributed by atoms with van der Waals surface area (Å²) in [4.78, 5) is 14.8. The number of hydrogen-bond donors (Lipinski definition) is 0. The molecule has 0 amide bonds. The zero-order chi connectivity index (χ0) is 16.5. The van der Waals surface area contributed by atoms with E-state index in [0.717, 1.165) is 19.1 Å². The molecule has 3 nitrogen and oxygen atoms in total. The van der Waals surface area contributed by atoms with Gasteiger partial charge < -0.3 is 4.74 Å². The molecule has 0 atom stereocenters. The minimum atomic E-state index is -0.391. The fourth-order valence-corrected chi connectivity index (χ4v) is 2.31. The molecule has 1 aromatic heterocycles. The highest BCUT2D eigenvalue weighted by Crippen LogP contribution is 2.24. The van der Waals surface area contributed by atoms with Crippen LogP contribution in [0.3, 0.4) is 0 Å². The van der Waals surface area contributed by atoms with E-state index in [9.17, 15) is 9.18 Å². The van der Waals surface area contributed by atoms with Crippen molar-refractivity contribution >= 4 is 6.29 Å². The van der Waals surface area contributed by atoms with E-state index in [1.165, 1.54) is 31.5 Å². The van der Waals surface area contributed by atoms with E-state index < -0.39 is 5.82 Å². The number of nitrogens with zero attached hydrogens (tertiary/aromatic N) is 1. The Bertz CT molecular complexity index is 626. The maximum Gasteiger partial charge on any atom is 0.165 e. The number of pyridine rings is 1. The molecule has 2 aromatic rings. The van der Waals surface area contributed by atoms with Crippen LogP contribution >= 0.6 is 0 Å². The van der Waals surface area contributed by atoms with Crippen molar-refractivity contribution in [1.82, 2.24) is 4.98 Å². The Morgan fingerprint density at radius 2 is 1.96 bits per heavy atom. The molecule has 4 heteroatoms. The molecule has 1 heterocycles. The van der Waals surface area contributed by atoms with Gasteiger partial charge in [-0.3, -0.25) is 9.78 Å². The summed E-state index contributed by atoms with van der Waals surface area (Å²) >= 11 is 0. The predicted octanol–water partition coefficient (Wildman–Crippen LogP) is 5.05. The minimum absolute atomic E-state index is 0.272. The second-order valence-corrected chi connectivity index (χ2v) is 5.50. The van der Waals surface area contributed by atoms with Gasteiger partial charge in [0.25, 0.3) is 0 Å². The normalized spacial score (nSPS) is 10.5. The molecule has 0 radical (unpaired) electrons. The van der Waals surface area contributed by atoms with E-state index in [4.69, 9.17) is 4.74 Å². The standard InChI is InChI=1S/C19H22FNO2/c1-2-3-4-5-6-11-23-19-10-8-16(12-17(19)20)18-9-7-15(14-22)13-21-18/h7-10,12-14H,2-6,11H2,1H3. The highest BCUT2D eigenvalue weighted by Gasteiger charge is 2.07. The van der Waals surface area contributed by atoms with E-state index in [2.05, 4.69) is 11.9 Å². The number of aromatic nitrogens is 1. The number of unbranched alkanes of at least 4 members (excludes halogenated alkanes) is 4. The van der Waals surface area contributed by atoms with Crippen LogP contribution in [-0.2, 0) is 0 Å². The molecule has 0 aliphatic heterocycles. The van der Waals surface area contributed by atoms with Crippen LogP contribution in [-0.4, -0.2) is 17.9 Å². The van der Waals surface area contributed by atoms with Gasteiger partial charge in [0, 0.05) is 17.3 Å². The van der Waals surface area contributed by atoms with Gasteiger partial charge in [0.1, 0.15) is 0 Å². The van der Waals surface area contributed by atoms with Crippen LogP contribution in [0, 0.1) is 5.82 Å². The molecule has 122 valence electrons. The maximum atomic E-state index is 14.1. The smallest absolute Gasteiger partial charge is 0.165 e. The van der Waals surface area contributed by atoms with Gasteiger partial charge in [0.15, 0.2) is 17.9 Å². The van der Waals surface area contributed by atoms with E-state index >= 15 is 0 Å². The van der Waals surface area contributed by atoms with Gasteiger partial charge in [0.05, 0.1) is 12.3 Å². The number of halogens is 1. The van der Waals surface area contributed by atoms with Gasteiger partial charge in [0.2, 0.25) is 0 Å². The number of hydrogen-bond acceptors (Lipinski definition) is 3. The Labute approximate surface area is 136 Å². The zero-order valence-corrected chi connectivity index (χ0v) is 13.4. The van der Waals surface area contributed by atoms with Gasteiger partial charge in [-0.2, -0.15) is 0 Å². The van der Waals surface area contributed by atoms with Crippen LogP contribution in [0.4, 0.5) is 4.39 Å². The first kappa shape index (κ1) is 17.1. The Balaban J connectivity index is 1.93. The summed E-state index contributed by atoms with van der Waals surface area (Å²) in [6, 6.07) is 8.18. The zero-order valence-electron chi connectivity index (χ0n) is 13.4. The first-order chi connectivity index (χ1) is 11.2. The number of ether oxygens (including phenoxy) is 1. The lowest BCUT2D eigenvalue weighted by molar-refractivity contribution is 0.112.